The van der Waals surface area contributed by atoms with Crippen LogP contribution < -0.4 is 15.5 Å². The van der Waals surface area contributed by atoms with Crippen molar-refractivity contribution in [2.45, 2.75) is 52.9 Å². The van der Waals surface area contributed by atoms with Gasteiger partial charge in [-0.2, -0.15) is 0 Å². The summed E-state index contributed by atoms with van der Waals surface area (Å²) < 4.78 is 0. The third-order valence-electron chi connectivity index (χ3n) is 6.62. The van der Waals surface area contributed by atoms with Crippen molar-refractivity contribution in [2.24, 2.45) is 4.99 Å². The zero-order valence-corrected chi connectivity index (χ0v) is 21.7. The van der Waals surface area contributed by atoms with Gasteiger partial charge in [0, 0.05) is 50.3 Å². The van der Waals surface area contributed by atoms with Crippen molar-refractivity contribution in [1.82, 2.24) is 5.32 Å². The number of carbonyl (C=O) groups is 3. The molecule has 0 saturated carbocycles. The standard InChI is InChI=1S/C29H34N4O4/c1-4-5-6-13-30-20-9-11-22(24(16-20)31-18(2)34)26-28(36)27(29(26)37)23-12-10-21(33-14-7-8-15-33)17-25(23)32-19(3)35/h9-12,16-17,36H,4-8,13-15H2,1-3H3,(H,31,34)(H,32,35)/b26-22+,30-20?. The first-order valence-electron chi connectivity index (χ1n) is 12.9. The predicted octanol–water partition coefficient (Wildman–Crippen LogP) is 4.61. The molecule has 37 heavy (non-hydrogen) atoms. The second-order valence-electron chi connectivity index (χ2n) is 9.53. The predicted molar refractivity (Wildman–Crippen MR) is 147 cm³/mol. The van der Waals surface area contributed by atoms with Gasteiger partial charge in [0.2, 0.25) is 17.6 Å². The van der Waals surface area contributed by atoms with Gasteiger partial charge in [-0.1, -0.05) is 19.8 Å². The van der Waals surface area contributed by atoms with E-state index in [1.54, 1.807) is 24.3 Å². The Bertz CT molecular complexity index is 1280. The van der Waals surface area contributed by atoms with Gasteiger partial charge in [-0.15, -0.1) is 0 Å². The summed E-state index contributed by atoms with van der Waals surface area (Å²) in [5, 5.41) is 16.7. The minimum absolute atomic E-state index is 0.133. The van der Waals surface area contributed by atoms with Crippen LogP contribution in [0.5, 0.6) is 0 Å². The zero-order valence-electron chi connectivity index (χ0n) is 21.7. The summed E-state index contributed by atoms with van der Waals surface area (Å²) in [6, 6.07) is 5.53. The molecule has 0 radical (unpaired) electrons. The van der Waals surface area contributed by atoms with Gasteiger partial charge in [-0.25, -0.2) is 0 Å². The number of hydrogen-bond donors (Lipinski definition) is 3. The van der Waals surface area contributed by atoms with E-state index in [2.05, 4.69) is 27.4 Å². The number of rotatable bonds is 8. The molecule has 1 aromatic carbocycles. The number of unbranched alkanes of at least 4 members (excludes halogenated alkanes) is 2. The van der Waals surface area contributed by atoms with Crippen LogP contribution in [0.4, 0.5) is 11.4 Å². The maximum Gasteiger partial charge on any atom is 0.221 e. The SMILES string of the molecule is CCCCCN=C1C=C/C(=C2\C(=O)C(c3ccc(N4CCCC4)cc3NC(C)=O)=C2O)C(NC(C)=O)=C1. The van der Waals surface area contributed by atoms with Crippen LogP contribution in [0.1, 0.15) is 58.4 Å². The Balaban J connectivity index is 1.71. The maximum absolute atomic E-state index is 13.4. The van der Waals surface area contributed by atoms with Crippen LogP contribution >= 0.6 is 0 Å². The highest BCUT2D eigenvalue weighted by Crippen LogP contribution is 2.43. The molecule has 194 valence electrons. The van der Waals surface area contributed by atoms with E-state index in [9.17, 15) is 19.5 Å². The number of anilines is 2. The Kier molecular flexibility index (Phi) is 8.06. The Hall–Kier alpha value is -3.94. The van der Waals surface area contributed by atoms with E-state index in [1.165, 1.54) is 13.8 Å². The van der Waals surface area contributed by atoms with Crippen molar-refractivity contribution in [3.63, 3.8) is 0 Å². The maximum atomic E-state index is 13.4. The van der Waals surface area contributed by atoms with Crippen molar-refractivity contribution >= 4 is 40.3 Å². The molecule has 8 nitrogen and oxygen atoms in total. The van der Waals surface area contributed by atoms with E-state index in [-0.39, 0.29) is 34.5 Å². The molecule has 0 atom stereocenters. The van der Waals surface area contributed by atoms with E-state index < -0.39 is 0 Å². The lowest BCUT2D eigenvalue weighted by atomic mass is 9.78. The lowest BCUT2D eigenvalue weighted by Crippen LogP contribution is -2.29. The minimum atomic E-state index is -0.350. The van der Waals surface area contributed by atoms with E-state index in [0.29, 0.717) is 34.8 Å². The molecule has 0 unspecified atom stereocenters. The molecule has 3 N–H and O–H groups in total. The molecule has 0 aromatic heterocycles. The third kappa shape index (κ3) is 5.74. The number of allylic oxidation sites excluding steroid dienone is 5. The molecular weight excluding hydrogens is 468 g/mol. The minimum Gasteiger partial charge on any atom is -0.506 e. The lowest BCUT2D eigenvalue weighted by Gasteiger charge is -2.28. The van der Waals surface area contributed by atoms with Crippen LogP contribution in [0, 0.1) is 0 Å². The molecule has 1 aliphatic heterocycles. The van der Waals surface area contributed by atoms with Crippen LogP contribution in [-0.2, 0) is 14.4 Å². The summed E-state index contributed by atoms with van der Waals surface area (Å²) in [6.07, 6.45) is 10.6. The van der Waals surface area contributed by atoms with Crippen molar-refractivity contribution in [2.75, 3.05) is 29.9 Å². The highest BCUT2D eigenvalue weighted by molar-refractivity contribution is 6.40. The van der Waals surface area contributed by atoms with E-state index in [4.69, 9.17) is 0 Å². The molecule has 3 aliphatic rings. The van der Waals surface area contributed by atoms with Gasteiger partial charge in [0.15, 0.2) is 0 Å². The summed E-state index contributed by atoms with van der Waals surface area (Å²) in [6.45, 7) is 7.50. The number of aliphatic imine (C=N–C) groups is 1. The number of aliphatic hydroxyl groups excluding tert-OH is 1. The number of benzene rings is 1. The number of Topliss-reactive ketones (excluding diaryl/α,β-unsaturated/α-hetero) is 1. The molecule has 1 fully saturated rings. The second kappa shape index (κ2) is 11.4. The van der Waals surface area contributed by atoms with Gasteiger partial charge in [-0.05, 0) is 55.7 Å². The average Bonchev–Trinajstić information content (AvgIpc) is 3.39. The van der Waals surface area contributed by atoms with Crippen LogP contribution in [0.15, 0.2) is 64.0 Å². The quantitative estimate of drug-likeness (QED) is 0.355. The molecular formula is C29H34N4O4. The van der Waals surface area contributed by atoms with Crippen LogP contribution in [0.2, 0.25) is 0 Å². The largest absolute Gasteiger partial charge is 0.506 e. The van der Waals surface area contributed by atoms with Crippen LogP contribution in [-0.4, -0.2) is 48.1 Å². The topological polar surface area (TPSA) is 111 Å². The van der Waals surface area contributed by atoms with Gasteiger partial charge in [0.25, 0.3) is 0 Å². The van der Waals surface area contributed by atoms with Crippen molar-refractivity contribution < 1.29 is 19.5 Å². The monoisotopic (exact) mass is 502 g/mol. The van der Waals surface area contributed by atoms with Gasteiger partial charge in [0.05, 0.1) is 28.2 Å². The number of ketones is 1. The van der Waals surface area contributed by atoms with E-state index >= 15 is 0 Å². The summed E-state index contributed by atoms with van der Waals surface area (Å²) in [4.78, 5) is 44.0. The first-order chi connectivity index (χ1) is 17.8. The lowest BCUT2D eigenvalue weighted by molar-refractivity contribution is -0.118. The number of amides is 2. The Morgan fingerprint density at radius 3 is 2.41 bits per heavy atom. The fraction of sp³-hybridized carbons (Fsp3) is 0.379. The summed E-state index contributed by atoms with van der Waals surface area (Å²) >= 11 is 0. The van der Waals surface area contributed by atoms with Crippen molar-refractivity contribution in [3.8, 4) is 0 Å². The number of carbonyl (C=O) groups excluding carboxylic acids is 3. The van der Waals surface area contributed by atoms with Gasteiger partial charge >= 0.3 is 0 Å². The van der Waals surface area contributed by atoms with Gasteiger partial charge < -0.3 is 20.6 Å². The molecule has 1 aromatic rings. The molecule has 2 amide bonds. The fourth-order valence-electron chi connectivity index (χ4n) is 4.83. The van der Waals surface area contributed by atoms with Crippen LogP contribution in [0.25, 0.3) is 5.57 Å². The number of hydrogen-bond acceptors (Lipinski definition) is 6. The zero-order chi connectivity index (χ0) is 26.5. The molecule has 1 heterocycles. The Morgan fingerprint density at radius 1 is 1.03 bits per heavy atom. The number of aliphatic hydroxyl groups is 1. The Labute approximate surface area is 217 Å². The van der Waals surface area contributed by atoms with Gasteiger partial charge in [-0.3, -0.25) is 19.4 Å². The summed E-state index contributed by atoms with van der Waals surface area (Å²) in [5.41, 5.74) is 3.75. The fourth-order valence-corrected chi connectivity index (χ4v) is 4.83. The summed E-state index contributed by atoms with van der Waals surface area (Å²) in [7, 11) is 0. The number of nitrogens with zero attached hydrogens (tertiary/aromatic N) is 2. The highest BCUT2D eigenvalue weighted by atomic mass is 16.3. The first kappa shape index (κ1) is 26.1. The molecule has 1 saturated heterocycles. The smallest absolute Gasteiger partial charge is 0.221 e. The first-order valence-corrected chi connectivity index (χ1v) is 12.9. The van der Waals surface area contributed by atoms with Crippen molar-refractivity contribution in [1.29, 1.82) is 0 Å². The van der Waals surface area contributed by atoms with Crippen molar-refractivity contribution in [3.05, 3.63) is 64.6 Å². The van der Waals surface area contributed by atoms with Gasteiger partial charge in [0.1, 0.15) is 5.76 Å². The Morgan fingerprint density at radius 2 is 1.76 bits per heavy atom. The highest BCUT2D eigenvalue weighted by Gasteiger charge is 2.39. The molecule has 8 heteroatoms. The number of nitrogens with one attached hydrogen (secondary N) is 2. The van der Waals surface area contributed by atoms with Crippen LogP contribution in [0.3, 0.4) is 0 Å². The second-order valence-corrected chi connectivity index (χ2v) is 9.53. The third-order valence-corrected chi connectivity index (χ3v) is 6.62. The van der Waals surface area contributed by atoms with E-state index in [1.807, 2.05) is 12.1 Å². The molecule has 0 spiro atoms. The summed E-state index contributed by atoms with van der Waals surface area (Å²) in [5.74, 6) is -1.06. The van der Waals surface area contributed by atoms with E-state index in [0.717, 1.165) is 50.9 Å². The molecule has 4 rings (SSSR count). The normalized spacial score (nSPS) is 20.3. The molecule has 2 aliphatic carbocycles. The average molecular weight is 503 g/mol. The molecule has 0 bridgehead atoms.